The molecule has 1 aromatic heterocycles. The van der Waals surface area contributed by atoms with Gasteiger partial charge in [-0.25, -0.2) is 8.78 Å². The molecule has 1 rings (SSSR count). The van der Waals surface area contributed by atoms with Crippen LogP contribution in [0.4, 0.5) is 8.78 Å². The Balaban J connectivity index is 2.91. The van der Waals surface area contributed by atoms with Gasteiger partial charge < -0.3 is 5.32 Å². The van der Waals surface area contributed by atoms with Gasteiger partial charge >= 0.3 is 0 Å². The first-order chi connectivity index (χ1) is 7.11. The number of rotatable bonds is 5. The molecule has 0 fully saturated rings. The molecule has 0 radical (unpaired) electrons. The van der Waals surface area contributed by atoms with Gasteiger partial charge in [0.15, 0.2) is 0 Å². The molecule has 0 bridgehead atoms. The number of hydrogen-bond donors (Lipinski definition) is 1. The Bertz CT molecular complexity index is 290. The van der Waals surface area contributed by atoms with Crippen molar-refractivity contribution in [2.24, 2.45) is 0 Å². The van der Waals surface area contributed by atoms with Crippen molar-refractivity contribution in [2.45, 2.75) is 32.2 Å². The second-order valence-electron chi connectivity index (χ2n) is 3.67. The first kappa shape index (κ1) is 12.0. The average Bonchev–Trinajstić information content (AvgIpc) is 2.27. The number of halogens is 2. The normalized spacial score (nSPS) is 15.3. The van der Waals surface area contributed by atoms with Crippen LogP contribution in [0.1, 0.15) is 25.8 Å². The third-order valence-corrected chi connectivity index (χ3v) is 2.44. The van der Waals surface area contributed by atoms with E-state index in [-0.39, 0.29) is 0 Å². The Hall–Kier alpha value is -1.03. The van der Waals surface area contributed by atoms with Gasteiger partial charge in [0, 0.05) is 12.4 Å². The minimum Gasteiger partial charge on any atom is -0.303 e. The van der Waals surface area contributed by atoms with E-state index in [2.05, 4.69) is 10.3 Å². The maximum Gasteiger partial charge on any atom is 0.260 e. The minimum atomic E-state index is -2.45. The molecule has 1 unspecified atom stereocenters. The summed E-state index contributed by atoms with van der Waals surface area (Å²) in [6, 6.07) is 3.34. The van der Waals surface area contributed by atoms with Crippen LogP contribution in [-0.4, -0.2) is 18.0 Å². The quantitative estimate of drug-likeness (QED) is 0.814. The Morgan fingerprint density at radius 1 is 1.53 bits per heavy atom. The SMILES string of the molecule is CCCNC(C)(c1cccnc1)C(F)F. The summed E-state index contributed by atoms with van der Waals surface area (Å²) < 4.78 is 26.0. The van der Waals surface area contributed by atoms with E-state index in [1.54, 1.807) is 18.3 Å². The second-order valence-corrected chi connectivity index (χ2v) is 3.67. The summed E-state index contributed by atoms with van der Waals surface area (Å²) in [6.07, 6.45) is 1.43. The van der Waals surface area contributed by atoms with Gasteiger partial charge in [0.1, 0.15) is 5.54 Å². The van der Waals surface area contributed by atoms with Crippen molar-refractivity contribution in [1.29, 1.82) is 0 Å². The highest BCUT2D eigenvalue weighted by Crippen LogP contribution is 2.27. The largest absolute Gasteiger partial charge is 0.303 e. The van der Waals surface area contributed by atoms with E-state index < -0.39 is 12.0 Å². The van der Waals surface area contributed by atoms with Gasteiger partial charge in [-0.1, -0.05) is 13.0 Å². The van der Waals surface area contributed by atoms with Crippen molar-refractivity contribution in [3.63, 3.8) is 0 Å². The fourth-order valence-corrected chi connectivity index (χ4v) is 1.36. The Morgan fingerprint density at radius 2 is 2.27 bits per heavy atom. The summed E-state index contributed by atoms with van der Waals surface area (Å²) in [7, 11) is 0. The minimum absolute atomic E-state index is 0.522. The van der Waals surface area contributed by atoms with Crippen molar-refractivity contribution in [2.75, 3.05) is 6.54 Å². The molecule has 0 aromatic carbocycles. The van der Waals surface area contributed by atoms with Crippen molar-refractivity contribution in [3.8, 4) is 0 Å². The summed E-state index contributed by atoms with van der Waals surface area (Å²) in [6.45, 7) is 4.02. The zero-order valence-electron chi connectivity index (χ0n) is 9.00. The van der Waals surface area contributed by atoms with Crippen LogP contribution in [0.5, 0.6) is 0 Å². The van der Waals surface area contributed by atoms with Gasteiger partial charge in [0.25, 0.3) is 6.43 Å². The molecule has 0 amide bonds. The van der Waals surface area contributed by atoms with E-state index in [9.17, 15) is 8.78 Å². The van der Waals surface area contributed by atoms with Crippen LogP contribution < -0.4 is 5.32 Å². The highest BCUT2D eigenvalue weighted by atomic mass is 19.3. The monoisotopic (exact) mass is 214 g/mol. The molecule has 1 N–H and O–H groups in total. The van der Waals surface area contributed by atoms with Gasteiger partial charge in [0.2, 0.25) is 0 Å². The second kappa shape index (κ2) is 5.16. The van der Waals surface area contributed by atoms with Crippen molar-refractivity contribution in [3.05, 3.63) is 30.1 Å². The Morgan fingerprint density at radius 3 is 2.73 bits per heavy atom. The smallest absolute Gasteiger partial charge is 0.260 e. The molecule has 0 aliphatic rings. The molecule has 0 aliphatic heterocycles. The standard InChI is InChI=1S/C11H16F2N2/c1-3-6-15-11(2,10(12)13)9-5-4-7-14-8-9/h4-5,7-8,10,15H,3,6H2,1-2H3. The zero-order chi connectivity index (χ0) is 11.3. The van der Waals surface area contributed by atoms with E-state index in [1.807, 2.05) is 6.92 Å². The van der Waals surface area contributed by atoms with Gasteiger partial charge in [-0.05, 0) is 31.5 Å². The van der Waals surface area contributed by atoms with Crippen molar-refractivity contribution >= 4 is 0 Å². The molecule has 4 heteroatoms. The highest BCUT2D eigenvalue weighted by Gasteiger charge is 2.36. The van der Waals surface area contributed by atoms with Crippen LogP contribution in [0.25, 0.3) is 0 Å². The summed E-state index contributed by atoms with van der Waals surface area (Å²) >= 11 is 0. The number of aromatic nitrogens is 1. The number of nitrogens with zero attached hydrogens (tertiary/aromatic N) is 1. The van der Waals surface area contributed by atoms with Gasteiger partial charge in [-0.15, -0.1) is 0 Å². The van der Waals surface area contributed by atoms with E-state index in [0.717, 1.165) is 6.42 Å². The van der Waals surface area contributed by atoms with Crippen LogP contribution in [0, 0.1) is 0 Å². The number of nitrogens with one attached hydrogen (secondary N) is 1. The Labute approximate surface area is 88.7 Å². The molecule has 2 nitrogen and oxygen atoms in total. The van der Waals surface area contributed by atoms with Crippen LogP contribution in [0.2, 0.25) is 0 Å². The lowest BCUT2D eigenvalue weighted by Gasteiger charge is -2.30. The molecule has 84 valence electrons. The fraction of sp³-hybridized carbons (Fsp3) is 0.545. The molecule has 0 spiro atoms. The first-order valence-corrected chi connectivity index (χ1v) is 5.05. The number of pyridine rings is 1. The van der Waals surface area contributed by atoms with E-state index in [1.165, 1.54) is 13.1 Å². The maximum atomic E-state index is 13.0. The highest BCUT2D eigenvalue weighted by molar-refractivity contribution is 5.20. The summed E-state index contributed by atoms with van der Waals surface area (Å²) in [5.74, 6) is 0. The predicted molar refractivity (Wildman–Crippen MR) is 55.9 cm³/mol. The topological polar surface area (TPSA) is 24.9 Å². The van der Waals surface area contributed by atoms with Crippen LogP contribution in [0.15, 0.2) is 24.5 Å². The lowest BCUT2D eigenvalue weighted by Crippen LogP contribution is -2.46. The molecule has 15 heavy (non-hydrogen) atoms. The average molecular weight is 214 g/mol. The maximum absolute atomic E-state index is 13.0. The summed E-state index contributed by atoms with van der Waals surface area (Å²) in [5, 5.41) is 2.87. The molecule has 1 atom stereocenters. The molecular weight excluding hydrogens is 198 g/mol. The lowest BCUT2D eigenvalue weighted by atomic mass is 9.94. The summed E-state index contributed by atoms with van der Waals surface area (Å²) in [5.41, 5.74) is -0.780. The molecule has 0 saturated carbocycles. The number of hydrogen-bond acceptors (Lipinski definition) is 2. The lowest BCUT2D eigenvalue weighted by molar-refractivity contribution is 0.0383. The molecule has 1 aromatic rings. The van der Waals surface area contributed by atoms with E-state index in [4.69, 9.17) is 0 Å². The zero-order valence-corrected chi connectivity index (χ0v) is 9.00. The third kappa shape index (κ3) is 2.72. The predicted octanol–water partition coefficient (Wildman–Crippen LogP) is 2.56. The van der Waals surface area contributed by atoms with E-state index >= 15 is 0 Å². The van der Waals surface area contributed by atoms with Crippen LogP contribution in [-0.2, 0) is 5.54 Å². The summed E-state index contributed by atoms with van der Waals surface area (Å²) in [4.78, 5) is 3.87. The third-order valence-electron chi connectivity index (χ3n) is 2.44. The number of alkyl halides is 2. The van der Waals surface area contributed by atoms with E-state index in [0.29, 0.717) is 12.1 Å². The fourth-order valence-electron chi connectivity index (χ4n) is 1.36. The molecular formula is C11H16F2N2. The van der Waals surface area contributed by atoms with Gasteiger partial charge in [0.05, 0.1) is 0 Å². The van der Waals surface area contributed by atoms with Crippen molar-refractivity contribution in [1.82, 2.24) is 10.3 Å². The molecule has 0 aliphatic carbocycles. The van der Waals surface area contributed by atoms with Gasteiger partial charge in [-0.2, -0.15) is 0 Å². The van der Waals surface area contributed by atoms with Crippen LogP contribution in [0.3, 0.4) is 0 Å². The Kier molecular flexibility index (Phi) is 4.15. The first-order valence-electron chi connectivity index (χ1n) is 5.05. The van der Waals surface area contributed by atoms with Gasteiger partial charge in [-0.3, -0.25) is 4.98 Å². The van der Waals surface area contributed by atoms with Crippen molar-refractivity contribution < 1.29 is 8.78 Å². The molecule has 1 heterocycles. The van der Waals surface area contributed by atoms with Crippen LogP contribution >= 0.6 is 0 Å². The molecule has 0 saturated heterocycles.